The van der Waals surface area contributed by atoms with E-state index >= 15 is 0 Å². The first kappa shape index (κ1) is 34.1. The molecule has 0 spiro atoms. The molecule has 252 valence electrons. The van der Waals surface area contributed by atoms with Gasteiger partial charge in [0.15, 0.2) is 0 Å². The second-order valence-electron chi connectivity index (χ2n) is 13.7. The number of carbonyl (C=O) groups excluding carboxylic acids is 4. The lowest BCUT2D eigenvalue weighted by Crippen LogP contribution is -2.60. The molecule has 0 radical (unpaired) electrons. The number of nitrogens with one attached hydrogen (secondary N) is 3. The molecule has 3 saturated carbocycles. The molecular weight excluding hydrogens is 682 g/mol. The first-order valence-electron chi connectivity index (χ1n) is 15.7. The average molecular weight is 725 g/mol. The van der Waals surface area contributed by atoms with Crippen LogP contribution in [0, 0.1) is 11.3 Å². The number of alkyl carbamates (subject to hydrolysis) is 1. The first-order chi connectivity index (χ1) is 21.6. The number of aromatic nitrogens is 1. The Balaban J connectivity index is 1.38. The van der Waals surface area contributed by atoms with Gasteiger partial charge in [0.2, 0.25) is 21.8 Å². The van der Waals surface area contributed by atoms with Gasteiger partial charge < -0.3 is 25.0 Å². The van der Waals surface area contributed by atoms with Crippen LogP contribution in [0.1, 0.15) is 72.1 Å². The molecule has 1 aromatic heterocycles. The van der Waals surface area contributed by atoms with E-state index in [1.165, 1.54) is 11.0 Å². The summed E-state index contributed by atoms with van der Waals surface area (Å²) < 4.78 is 39.6. The summed E-state index contributed by atoms with van der Waals surface area (Å²) in [7, 11) is -3.87. The number of amides is 4. The molecular formula is C31H42BrN5O8S. The monoisotopic (exact) mass is 723 g/mol. The van der Waals surface area contributed by atoms with E-state index in [0.29, 0.717) is 23.2 Å². The molecule has 4 aliphatic rings. The summed E-state index contributed by atoms with van der Waals surface area (Å²) in [5.41, 5.74) is -2.28. The van der Waals surface area contributed by atoms with Crippen molar-refractivity contribution in [1.29, 1.82) is 0 Å². The smallest absolute Gasteiger partial charge is 0.408 e. The van der Waals surface area contributed by atoms with Crippen LogP contribution in [0.2, 0.25) is 0 Å². The van der Waals surface area contributed by atoms with Crippen LogP contribution in [0.25, 0.3) is 0 Å². The Kier molecular flexibility index (Phi) is 9.74. The molecule has 5 atom stereocenters. The van der Waals surface area contributed by atoms with Gasteiger partial charge in [-0.15, -0.1) is 6.58 Å². The SMILES string of the molecule is C=CC1CC1(NC(=O)C1CC(Oc2ccnc(Br)c2)CN1C(=O)C(NC(=O)OC1CCCC1)C(C)(C)C)C(=O)NS(=O)(=O)C1CC1. The van der Waals surface area contributed by atoms with Crippen LogP contribution in [-0.4, -0.2) is 83.7 Å². The number of sulfonamides is 1. The maximum Gasteiger partial charge on any atom is 0.408 e. The highest BCUT2D eigenvalue weighted by atomic mass is 79.9. The zero-order valence-electron chi connectivity index (χ0n) is 26.3. The van der Waals surface area contributed by atoms with Crippen molar-refractivity contribution in [2.24, 2.45) is 11.3 Å². The highest BCUT2D eigenvalue weighted by Gasteiger charge is 2.62. The molecule has 0 aromatic carbocycles. The Morgan fingerprint density at radius 3 is 2.43 bits per heavy atom. The molecule has 0 bridgehead atoms. The zero-order chi connectivity index (χ0) is 33.4. The second kappa shape index (κ2) is 13.1. The van der Waals surface area contributed by atoms with E-state index in [4.69, 9.17) is 9.47 Å². The maximum absolute atomic E-state index is 14.3. The van der Waals surface area contributed by atoms with Gasteiger partial charge in [-0.05, 0) is 72.4 Å². The minimum Gasteiger partial charge on any atom is -0.488 e. The Hall–Kier alpha value is -3.20. The third-order valence-electron chi connectivity index (χ3n) is 9.05. The number of rotatable bonds is 11. The number of hydrogen-bond acceptors (Lipinski definition) is 9. The van der Waals surface area contributed by atoms with E-state index in [1.54, 1.807) is 39.1 Å². The predicted molar refractivity (Wildman–Crippen MR) is 171 cm³/mol. The van der Waals surface area contributed by atoms with Gasteiger partial charge in [0.25, 0.3) is 5.91 Å². The van der Waals surface area contributed by atoms with Crippen LogP contribution in [0.4, 0.5) is 4.79 Å². The molecule has 4 fully saturated rings. The van der Waals surface area contributed by atoms with Crippen molar-refractivity contribution in [3.05, 3.63) is 35.6 Å². The van der Waals surface area contributed by atoms with Crippen LogP contribution >= 0.6 is 15.9 Å². The van der Waals surface area contributed by atoms with Gasteiger partial charge in [0.1, 0.15) is 40.2 Å². The minimum absolute atomic E-state index is 0.0168. The minimum atomic E-state index is -3.87. The number of likely N-dealkylation sites (tertiary alicyclic amines) is 1. The van der Waals surface area contributed by atoms with Gasteiger partial charge in [0.05, 0.1) is 11.8 Å². The molecule has 46 heavy (non-hydrogen) atoms. The number of halogens is 1. The molecule has 1 aromatic rings. The van der Waals surface area contributed by atoms with Gasteiger partial charge in [-0.3, -0.25) is 19.1 Å². The molecule has 1 saturated heterocycles. The summed E-state index contributed by atoms with van der Waals surface area (Å²) >= 11 is 3.32. The van der Waals surface area contributed by atoms with E-state index in [1.807, 2.05) is 0 Å². The van der Waals surface area contributed by atoms with Crippen molar-refractivity contribution in [3.8, 4) is 5.75 Å². The van der Waals surface area contributed by atoms with Crippen LogP contribution in [0.5, 0.6) is 5.75 Å². The summed E-state index contributed by atoms with van der Waals surface area (Å²) in [5, 5.41) is 4.89. The molecule has 5 rings (SSSR count). The van der Waals surface area contributed by atoms with Gasteiger partial charge in [-0.1, -0.05) is 26.8 Å². The van der Waals surface area contributed by atoms with Crippen molar-refractivity contribution in [2.45, 2.75) is 107 Å². The maximum atomic E-state index is 14.3. The van der Waals surface area contributed by atoms with E-state index in [-0.39, 0.29) is 25.5 Å². The lowest BCUT2D eigenvalue weighted by molar-refractivity contribution is -0.143. The predicted octanol–water partition coefficient (Wildman–Crippen LogP) is 2.95. The highest BCUT2D eigenvalue weighted by Crippen LogP contribution is 2.45. The van der Waals surface area contributed by atoms with Gasteiger partial charge in [0, 0.05) is 24.6 Å². The van der Waals surface area contributed by atoms with Crippen molar-refractivity contribution < 1.29 is 37.1 Å². The van der Waals surface area contributed by atoms with Gasteiger partial charge in [-0.25, -0.2) is 18.2 Å². The molecule has 3 aliphatic carbocycles. The van der Waals surface area contributed by atoms with Gasteiger partial charge in [-0.2, -0.15) is 0 Å². The molecule has 2 heterocycles. The van der Waals surface area contributed by atoms with Gasteiger partial charge >= 0.3 is 6.09 Å². The quantitative estimate of drug-likeness (QED) is 0.229. The van der Waals surface area contributed by atoms with Crippen LogP contribution < -0.4 is 20.1 Å². The third-order valence-corrected chi connectivity index (χ3v) is 11.3. The molecule has 4 amide bonds. The Bertz CT molecular complexity index is 1490. The number of hydrogen-bond donors (Lipinski definition) is 3. The largest absolute Gasteiger partial charge is 0.488 e. The highest BCUT2D eigenvalue weighted by molar-refractivity contribution is 9.10. The van der Waals surface area contributed by atoms with Crippen LogP contribution in [0.3, 0.4) is 0 Å². The standard InChI is InChI=1S/C31H42BrN5O8S/c1-5-18-16-31(18,28(40)36-46(42,43)22-10-11-22)35-26(38)23-14-21(44-20-12-13-33-24(32)15-20)17-37(23)27(39)25(30(2,3)4)34-29(41)45-19-8-6-7-9-19/h5,12-13,15,18-19,21-23,25H,1,6-11,14,16-17H2,2-4H3,(H,34,41)(H,35,38)(H,36,40). The fourth-order valence-electron chi connectivity index (χ4n) is 6.17. The Morgan fingerprint density at radius 1 is 1.15 bits per heavy atom. The van der Waals surface area contributed by atoms with E-state index in [9.17, 15) is 27.6 Å². The zero-order valence-corrected chi connectivity index (χ0v) is 28.7. The van der Waals surface area contributed by atoms with Crippen molar-refractivity contribution in [1.82, 2.24) is 25.2 Å². The molecule has 3 N–H and O–H groups in total. The molecule has 1 aliphatic heterocycles. The molecule has 15 heteroatoms. The van der Waals surface area contributed by atoms with Crippen molar-refractivity contribution in [3.63, 3.8) is 0 Å². The molecule has 13 nitrogen and oxygen atoms in total. The van der Waals surface area contributed by atoms with E-state index < -0.39 is 74.1 Å². The number of carbonyl (C=O) groups is 4. The molecule has 5 unspecified atom stereocenters. The fraction of sp³-hybridized carbons (Fsp3) is 0.645. The number of pyridine rings is 1. The summed E-state index contributed by atoms with van der Waals surface area (Å²) in [6.45, 7) is 9.17. The van der Waals surface area contributed by atoms with Crippen molar-refractivity contribution in [2.75, 3.05) is 6.54 Å². The van der Waals surface area contributed by atoms with Crippen molar-refractivity contribution >= 4 is 49.8 Å². The normalized spacial score (nSPS) is 27.0. The number of nitrogens with zero attached hydrogens (tertiary/aromatic N) is 2. The lowest BCUT2D eigenvalue weighted by atomic mass is 9.85. The summed E-state index contributed by atoms with van der Waals surface area (Å²) in [6, 6.07) is 1.18. The lowest BCUT2D eigenvalue weighted by Gasteiger charge is -2.35. The third kappa shape index (κ3) is 7.67. The summed E-state index contributed by atoms with van der Waals surface area (Å²) in [5.74, 6) is -2.00. The number of ether oxygens (including phenoxy) is 2. The summed E-state index contributed by atoms with van der Waals surface area (Å²) in [4.78, 5) is 60.0. The average Bonchev–Trinajstić information content (AvgIpc) is 3.85. The van der Waals surface area contributed by atoms with Crippen LogP contribution in [-0.2, 0) is 29.1 Å². The Labute approximate surface area is 277 Å². The first-order valence-corrected chi connectivity index (χ1v) is 18.0. The van der Waals surface area contributed by atoms with E-state index in [2.05, 4.69) is 42.8 Å². The van der Waals surface area contributed by atoms with Crippen LogP contribution in [0.15, 0.2) is 35.6 Å². The fourth-order valence-corrected chi connectivity index (χ4v) is 7.88. The topological polar surface area (TPSA) is 173 Å². The van der Waals surface area contributed by atoms with E-state index in [0.717, 1.165) is 25.7 Å². The summed E-state index contributed by atoms with van der Waals surface area (Å²) in [6.07, 6.45) is 6.20. The second-order valence-corrected chi connectivity index (χ2v) is 16.5. The Morgan fingerprint density at radius 2 is 1.85 bits per heavy atom.